The van der Waals surface area contributed by atoms with Gasteiger partial charge in [0.1, 0.15) is 0 Å². The average molecular weight is 167 g/mol. The molecule has 2 heteroatoms. The molecule has 0 amide bonds. The van der Waals surface area contributed by atoms with Crippen molar-refractivity contribution < 1.29 is 0 Å². The van der Waals surface area contributed by atoms with Crippen LogP contribution in [0.4, 0.5) is 0 Å². The van der Waals surface area contributed by atoms with Gasteiger partial charge < -0.3 is 0 Å². The third kappa shape index (κ3) is 1.36. The molecular weight excluding hydrogens is 154 g/mol. The van der Waals surface area contributed by atoms with Crippen molar-refractivity contribution in [3.63, 3.8) is 0 Å². The highest BCUT2D eigenvalue weighted by atomic mass is 32.1. The van der Waals surface area contributed by atoms with Crippen LogP contribution < -0.4 is 0 Å². The van der Waals surface area contributed by atoms with E-state index in [1.165, 1.54) is 19.3 Å². The predicted molar refractivity (Wildman–Crippen MR) is 51.5 cm³/mol. The van der Waals surface area contributed by atoms with E-state index >= 15 is 0 Å². The van der Waals surface area contributed by atoms with Crippen LogP contribution in [0.3, 0.4) is 0 Å². The van der Waals surface area contributed by atoms with Gasteiger partial charge in [-0.2, -0.15) is 12.6 Å². The monoisotopic (exact) mass is 167 g/mol. The zero-order valence-electron chi connectivity index (χ0n) is 6.48. The Kier molecular flexibility index (Phi) is 2.03. The molecule has 0 N–H and O–H groups in total. The van der Waals surface area contributed by atoms with Crippen molar-refractivity contribution in [2.24, 2.45) is 10.9 Å². The molecule has 0 aromatic heterocycles. The fraction of sp³-hybridized carbons (Fsp3) is 0.667. The number of aliphatic imine (C=N–C) groups is 1. The number of fused-ring (bicyclic) bond motifs is 1. The van der Waals surface area contributed by atoms with Crippen LogP contribution in [0.25, 0.3) is 0 Å². The fourth-order valence-corrected chi connectivity index (χ4v) is 2.43. The molecular formula is C9H13NS. The van der Waals surface area contributed by atoms with Crippen LogP contribution in [0.2, 0.25) is 0 Å². The molecule has 1 fully saturated rings. The van der Waals surface area contributed by atoms with Gasteiger partial charge in [-0.25, -0.2) is 0 Å². The Labute approximate surface area is 73.0 Å². The molecule has 3 unspecified atom stereocenters. The average Bonchev–Trinajstić information content (AvgIpc) is 2.06. The first-order valence-electron chi connectivity index (χ1n) is 4.26. The standard InChI is InChI=1S/C9H13NS/c11-8-5-1-3-7-4-2-6-10-9(7)8/h2,4,6-9,11H,1,3,5H2. The van der Waals surface area contributed by atoms with Gasteiger partial charge in [-0.1, -0.05) is 12.5 Å². The van der Waals surface area contributed by atoms with Crippen LogP contribution in [0.1, 0.15) is 19.3 Å². The van der Waals surface area contributed by atoms with Crippen LogP contribution in [-0.4, -0.2) is 17.5 Å². The van der Waals surface area contributed by atoms with Crippen LogP contribution in [-0.2, 0) is 0 Å². The number of rotatable bonds is 0. The zero-order chi connectivity index (χ0) is 7.68. The zero-order valence-corrected chi connectivity index (χ0v) is 7.37. The molecule has 1 aliphatic carbocycles. The van der Waals surface area contributed by atoms with E-state index in [4.69, 9.17) is 0 Å². The topological polar surface area (TPSA) is 12.4 Å². The van der Waals surface area contributed by atoms with Crippen molar-refractivity contribution in [3.8, 4) is 0 Å². The number of hydrogen-bond acceptors (Lipinski definition) is 2. The van der Waals surface area contributed by atoms with Crippen molar-refractivity contribution in [3.05, 3.63) is 12.2 Å². The number of nitrogens with zero attached hydrogens (tertiary/aromatic N) is 1. The summed E-state index contributed by atoms with van der Waals surface area (Å²) in [6.45, 7) is 0. The largest absolute Gasteiger partial charge is 0.288 e. The second-order valence-electron chi connectivity index (χ2n) is 3.34. The first-order valence-corrected chi connectivity index (χ1v) is 4.77. The highest BCUT2D eigenvalue weighted by molar-refractivity contribution is 7.81. The van der Waals surface area contributed by atoms with E-state index in [1.807, 2.05) is 6.21 Å². The molecule has 11 heavy (non-hydrogen) atoms. The van der Waals surface area contributed by atoms with Crippen LogP contribution in [0, 0.1) is 5.92 Å². The van der Waals surface area contributed by atoms with Gasteiger partial charge in [-0.3, -0.25) is 4.99 Å². The minimum Gasteiger partial charge on any atom is -0.288 e. The third-order valence-electron chi connectivity index (χ3n) is 2.57. The summed E-state index contributed by atoms with van der Waals surface area (Å²) in [7, 11) is 0. The number of allylic oxidation sites excluding steroid dienone is 1. The van der Waals surface area contributed by atoms with Crippen molar-refractivity contribution in [2.75, 3.05) is 0 Å². The van der Waals surface area contributed by atoms with Gasteiger partial charge in [-0.05, 0) is 18.9 Å². The van der Waals surface area contributed by atoms with Gasteiger partial charge in [0.25, 0.3) is 0 Å². The molecule has 0 saturated heterocycles. The van der Waals surface area contributed by atoms with E-state index in [-0.39, 0.29) is 0 Å². The molecule has 0 spiro atoms. The van der Waals surface area contributed by atoms with Crippen molar-refractivity contribution in [1.82, 2.24) is 0 Å². The van der Waals surface area contributed by atoms with Crippen molar-refractivity contribution in [1.29, 1.82) is 0 Å². The second-order valence-corrected chi connectivity index (χ2v) is 4.00. The molecule has 2 aliphatic rings. The Morgan fingerprint density at radius 1 is 1.36 bits per heavy atom. The van der Waals surface area contributed by atoms with Crippen LogP contribution in [0.5, 0.6) is 0 Å². The van der Waals surface area contributed by atoms with E-state index in [0.29, 0.717) is 17.2 Å². The molecule has 1 saturated carbocycles. The molecule has 1 aliphatic heterocycles. The summed E-state index contributed by atoms with van der Waals surface area (Å²) >= 11 is 4.54. The lowest BCUT2D eigenvalue weighted by molar-refractivity contribution is 0.373. The van der Waals surface area contributed by atoms with Gasteiger partial charge in [0.2, 0.25) is 0 Å². The number of thiol groups is 1. The van der Waals surface area contributed by atoms with Gasteiger partial charge in [0.15, 0.2) is 0 Å². The molecule has 0 bridgehead atoms. The summed E-state index contributed by atoms with van der Waals surface area (Å²) in [5, 5.41) is 0.495. The maximum Gasteiger partial charge on any atom is 0.0678 e. The highest BCUT2D eigenvalue weighted by Gasteiger charge is 2.29. The highest BCUT2D eigenvalue weighted by Crippen LogP contribution is 2.32. The molecule has 0 radical (unpaired) electrons. The predicted octanol–water partition coefficient (Wildman–Crippen LogP) is 2.09. The maximum atomic E-state index is 4.54. The molecule has 0 aromatic carbocycles. The molecule has 2 rings (SSSR count). The van der Waals surface area contributed by atoms with Crippen molar-refractivity contribution in [2.45, 2.75) is 30.6 Å². The molecule has 1 nitrogen and oxygen atoms in total. The summed E-state index contributed by atoms with van der Waals surface area (Å²) < 4.78 is 0. The minimum absolute atomic E-state index is 0.470. The van der Waals surface area contributed by atoms with E-state index in [1.54, 1.807) is 0 Å². The van der Waals surface area contributed by atoms with E-state index in [9.17, 15) is 0 Å². The molecule has 3 atom stereocenters. The first kappa shape index (κ1) is 7.41. The van der Waals surface area contributed by atoms with E-state index < -0.39 is 0 Å². The smallest absolute Gasteiger partial charge is 0.0678 e. The van der Waals surface area contributed by atoms with E-state index in [2.05, 4.69) is 29.8 Å². The quantitative estimate of drug-likeness (QED) is 0.530. The van der Waals surface area contributed by atoms with Gasteiger partial charge >= 0.3 is 0 Å². The molecule has 60 valence electrons. The SMILES string of the molecule is SC1CCCC2C=CC=NC12. The van der Waals surface area contributed by atoms with Gasteiger partial charge in [0, 0.05) is 17.4 Å². The minimum atomic E-state index is 0.470. The number of dihydropyridines is 1. The van der Waals surface area contributed by atoms with Crippen molar-refractivity contribution >= 4 is 18.8 Å². The molecule has 1 heterocycles. The summed E-state index contributed by atoms with van der Waals surface area (Å²) in [5.74, 6) is 0.677. The Morgan fingerprint density at radius 2 is 2.27 bits per heavy atom. The third-order valence-corrected chi connectivity index (χ3v) is 3.14. The maximum absolute atomic E-state index is 4.54. The number of hydrogen-bond donors (Lipinski definition) is 1. The Balaban J connectivity index is 2.14. The first-order chi connectivity index (χ1) is 5.38. The Morgan fingerprint density at radius 3 is 3.09 bits per heavy atom. The fourth-order valence-electron chi connectivity index (χ4n) is 1.95. The Hall–Kier alpha value is -0.240. The summed E-state index contributed by atoms with van der Waals surface area (Å²) in [6, 6.07) is 0.470. The van der Waals surface area contributed by atoms with Gasteiger partial charge in [0.05, 0.1) is 6.04 Å². The summed E-state index contributed by atoms with van der Waals surface area (Å²) in [5.41, 5.74) is 0. The summed E-state index contributed by atoms with van der Waals surface area (Å²) in [4.78, 5) is 4.44. The summed E-state index contributed by atoms with van der Waals surface area (Å²) in [6.07, 6.45) is 10.1. The lowest BCUT2D eigenvalue weighted by Gasteiger charge is -2.32. The van der Waals surface area contributed by atoms with Crippen LogP contribution in [0.15, 0.2) is 17.1 Å². The Bertz CT molecular complexity index is 198. The lowest BCUT2D eigenvalue weighted by atomic mass is 9.83. The lowest BCUT2D eigenvalue weighted by Crippen LogP contribution is -2.33. The van der Waals surface area contributed by atoms with E-state index in [0.717, 1.165) is 0 Å². The van der Waals surface area contributed by atoms with Crippen LogP contribution >= 0.6 is 12.6 Å². The molecule has 0 aromatic rings. The second kappa shape index (κ2) is 3.02. The normalized spacial score (nSPS) is 42.1. The van der Waals surface area contributed by atoms with Gasteiger partial charge in [-0.15, -0.1) is 0 Å².